The van der Waals surface area contributed by atoms with Crippen LogP contribution in [0.15, 0.2) is 81.7 Å². The van der Waals surface area contributed by atoms with E-state index in [4.69, 9.17) is 45.2 Å². The van der Waals surface area contributed by atoms with Crippen LogP contribution in [0.5, 0.6) is 29.0 Å². The van der Waals surface area contributed by atoms with Crippen molar-refractivity contribution in [2.45, 2.75) is 127 Å². The zero-order valence-electron chi connectivity index (χ0n) is 49.2. The molecule has 8 N–H and O–H groups in total. The summed E-state index contributed by atoms with van der Waals surface area (Å²) in [5.74, 6) is 0.258. The van der Waals surface area contributed by atoms with Crippen LogP contribution in [0.3, 0.4) is 0 Å². The fraction of sp³-hybridized carbons (Fsp3) is 0.406. The second-order valence-corrected chi connectivity index (χ2v) is 23.8. The number of primary amides is 1. The number of aliphatic hydroxyl groups excluding tert-OH is 1. The number of nitrogens with one attached hydrogen (secondary N) is 2. The number of hydrogen-bond acceptors (Lipinski definition) is 19. The van der Waals surface area contributed by atoms with Gasteiger partial charge in [0.15, 0.2) is 29.5 Å². The fourth-order valence-electron chi connectivity index (χ4n) is 12.9. The molecule has 5 saturated heterocycles. The number of alkyl halides is 1. The summed E-state index contributed by atoms with van der Waals surface area (Å²) >= 11 is 0. The number of anilines is 2. The maximum Gasteiger partial charge on any atom is 0.404 e. The lowest BCUT2D eigenvalue weighted by Gasteiger charge is -2.47. The molecule has 5 aliphatic rings. The largest absolute Gasteiger partial charge is 0.508 e. The number of nitrogens with zero attached hydrogens (tertiary/aromatic N) is 5. The summed E-state index contributed by atoms with van der Waals surface area (Å²) in [6.45, 7) is 11.5. The van der Waals surface area contributed by atoms with Gasteiger partial charge in [0.2, 0.25) is 6.29 Å². The Morgan fingerprint density at radius 2 is 1.78 bits per heavy atom. The molecular formula is C64H67F3N8O13. The molecule has 3 aromatic heterocycles. The SMILES string of the molecule is C#Cc1c(F)ccc2cc(O)cc(-c3ncc4c(N5CC6CCC(C5)N6)nc(OCC56CCCN5CC(F)C6)nc4c3F)c12.COC1C(OC(N)=O)C(O)C(Oc2ccc3c(O)c(NC(=O)c4ccc(O)c(CC=C(C)C)c4)c(=O)oc3c2C)OC1(C)C. The van der Waals surface area contributed by atoms with Crippen LogP contribution in [-0.4, -0.2) is 146 Å². The lowest BCUT2D eigenvalue weighted by atomic mass is 9.89. The van der Waals surface area contributed by atoms with Crippen LogP contribution < -0.4 is 36.4 Å². The number of ether oxygens (including phenoxy) is 5. The van der Waals surface area contributed by atoms with Gasteiger partial charge >= 0.3 is 17.7 Å². The van der Waals surface area contributed by atoms with E-state index in [2.05, 4.69) is 36.3 Å². The molecule has 88 heavy (non-hydrogen) atoms. The predicted molar refractivity (Wildman–Crippen MR) is 319 cm³/mol. The number of terminal acetylenes is 1. The van der Waals surface area contributed by atoms with Crippen LogP contribution in [-0.2, 0) is 20.6 Å². The lowest BCUT2D eigenvalue weighted by Crippen LogP contribution is -2.65. The molecule has 7 aromatic rings. The van der Waals surface area contributed by atoms with E-state index in [1.54, 1.807) is 20.8 Å². The maximum absolute atomic E-state index is 16.7. The van der Waals surface area contributed by atoms with E-state index in [-0.39, 0.29) is 79.7 Å². The number of pyridine rings is 1. The number of halogens is 3. The molecule has 462 valence electrons. The molecule has 8 heterocycles. The Balaban J connectivity index is 0.000000182. The number of carbonyl (C=O) groups excluding carboxylic acids is 2. The molecule has 21 nitrogen and oxygen atoms in total. The molecule has 2 amide bonds. The fourth-order valence-corrected chi connectivity index (χ4v) is 12.9. The molecule has 5 fully saturated rings. The normalized spacial score (nSPS) is 23.7. The third-order valence-corrected chi connectivity index (χ3v) is 17.2. The van der Waals surface area contributed by atoms with Crippen molar-refractivity contribution in [1.82, 2.24) is 25.2 Å². The van der Waals surface area contributed by atoms with Crippen LogP contribution in [0.4, 0.5) is 29.5 Å². The number of fused-ring (bicyclic) bond motifs is 6. The second kappa shape index (κ2) is 24.1. The molecule has 0 saturated carbocycles. The average molecular weight is 1210 g/mol. The lowest BCUT2D eigenvalue weighted by molar-refractivity contribution is -0.304. The first kappa shape index (κ1) is 60.9. The molecular weight excluding hydrogens is 1150 g/mol. The first-order valence-corrected chi connectivity index (χ1v) is 28.8. The van der Waals surface area contributed by atoms with E-state index in [9.17, 15) is 43.6 Å². The molecule has 24 heteroatoms. The van der Waals surface area contributed by atoms with Crippen molar-refractivity contribution in [2.24, 2.45) is 5.73 Å². The molecule has 2 bridgehead atoms. The number of phenols is 2. The van der Waals surface area contributed by atoms with Crippen molar-refractivity contribution in [3.05, 3.63) is 117 Å². The highest BCUT2D eigenvalue weighted by atomic mass is 19.1. The number of aromatic nitrogens is 3. The first-order valence-electron chi connectivity index (χ1n) is 28.8. The first-order chi connectivity index (χ1) is 42.0. The number of aromatic hydroxyl groups is 3. The van der Waals surface area contributed by atoms with Gasteiger partial charge in [0.1, 0.15) is 64.6 Å². The Morgan fingerprint density at radius 1 is 1.02 bits per heavy atom. The number of benzene rings is 4. The molecule has 4 aromatic carbocycles. The van der Waals surface area contributed by atoms with Gasteiger partial charge in [-0.3, -0.25) is 14.7 Å². The standard InChI is InChI=1S/C33H31F3N6O2.C31H36N2O11/c1-2-23-26(35)7-4-18-10-22(43)11-24(27(18)23)29-28(36)30-25(13-37-29)31(41-15-20-5-6-21(16-41)38-20)40-32(39-30)44-17-33-8-3-9-42(33)14-19(34)12-33;1-14(2)7-8-16-13-17(9-11-19(16)34)27(37)33-21-22(35)18-10-12-20(15(3)24(18)42-28(21)38)41-29-23(36)25(43-30(32)39)26(40-6)31(4,5)44-29/h1,4,7,10-11,13,19-21,38,43H,3,5-6,8-9,12,14-17H2;7,9-13,23,25-26,29,34-36H,8H2,1-6H3,(H2,32,39)(H,33,37). The van der Waals surface area contributed by atoms with Crippen LogP contribution in [0.2, 0.25) is 0 Å². The van der Waals surface area contributed by atoms with E-state index >= 15 is 4.39 Å². The average Bonchev–Trinajstić information content (AvgIpc) is 1.12. The zero-order valence-corrected chi connectivity index (χ0v) is 49.2. The number of carbonyl (C=O) groups is 2. The highest BCUT2D eigenvalue weighted by Crippen LogP contribution is 2.44. The number of amides is 2. The number of rotatable bonds is 13. The van der Waals surface area contributed by atoms with Crippen LogP contribution in [0.1, 0.15) is 86.8 Å². The van der Waals surface area contributed by atoms with Crippen LogP contribution >= 0.6 is 0 Å². The molecule has 5 aliphatic heterocycles. The minimum absolute atomic E-state index is 0.00778. The van der Waals surface area contributed by atoms with Gasteiger partial charge in [0, 0.05) is 73.5 Å². The highest BCUT2D eigenvalue weighted by molar-refractivity contribution is 6.07. The number of aliphatic hydroxyl groups is 1. The van der Waals surface area contributed by atoms with E-state index in [0.29, 0.717) is 66.7 Å². The number of aryl methyl sites for hydroxylation is 1. The molecule has 8 unspecified atom stereocenters. The summed E-state index contributed by atoms with van der Waals surface area (Å²) < 4.78 is 80.0. The number of allylic oxidation sites excluding steroid dienone is 2. The smallest absolute Gasteiger partial charge is 0.404 e. The van der Waals surface area contributed by atoms with Crippen molar-refractivity contribution < 1.29 is 71.3 Å². The number of nitrogens with two attached hydrogens (primary N) is 1. The third-order valence-electron chi connectivity index (χ3n) is 17.2. The molecule has 8 atom stereocenters. The van der Waals surface area contributed by atoms with Gasteiger partial charge in [-0.15, -0.1) is 6.42 Å². The molecule has 0 spiro atoms. The Hall–Kier alpha value is -8.73. The number of phenolic OH excluding ortho intramolecular Hbond substituents is 2. The Bertz CT molecular complexity index is 4050. The van der Waals surface area contributed by atoms with E-state index in [1.807, 2.05) is 19.9 Å². The number of piperazine rings is 1. The van der Waals surface area contributed by atoms with E-state index in [0.717, 1.165) is 37.8 Å². The maximum atomic E-state index is 16.7. The molecule has 0 radical (unpaired) electrons. The van der Waals surface area contributed by atoms with Gasteiger partial charge < -0.3 is 69.8 Å². The van der Waals surface area contributed by atoms with Crippen molar-refractivity contribution in [3.8, 4) is 52.6 Å². The predicted octanol–water partition coefficient (Wildman–Crippen LogP) is 8.33. The molecule has 0 aliphatic carbocycles. The van der Waals surface area contributed by atoms with Gasteiger partial charge in [-0.1, -0.05) is 23.6 Å². The quantitative estimate of drug-likeness (QED) is 0.0324. The number of methoxy groups -OCH3 is 1. The van der Waals surface area contributed by atoms with Crippen LogP contribution in [0, 0.1) is 30.9 Å². The van der Waals surface area contributed by atoms with Gasteiger partial charge in [0.05, 0.1) is 27.5 Å². The minimum atomic E-state index is -1.52. The number of hydrogen-bond donors (Lipinski definition) is 7. The van der Waals surface area contributed by atoms with Crippen molar-refractivity contribution in [3.63, 3.8) is 0 Å². The molecule has 12 rings (SSSR count). The monoisotopic (exact) mass is 1210 g/mol. The summed E-state index contributed by atoms with van der Waals surface area (Å²) in [5.41, 5.74) is 4.07. The van der Waals surface area contributed by atoms with E-state index in [1.165, 1.54) is 67.9 Å². The third kappa shape index (κ3) is 11.7. The minimum Gasteiger partial charge on any atom is -0.508 e. The summed E-state index contributed by atoms with van der Waals surface area (Å²) in [5, 5.41) is 49.8. The van der Waals surface area contributed by atoms with Crippen molar-refractivity contribution in [1.29, 1.82) is 0 Å². The van der Waals surface area contributed by atoms with Crippen molar-refractivity contribution >= 4 is 56.2 Å². The van der Waals surface area contributed by atoms with Gasteiger partial charge in [-0.05, 0) is 133 Å². The topological polar surface area (TPSA) is 287 Å². The Kier molecular flexibility index (Phi) is 16.7. The van der Waals surface area contributed by atoms with Crippen molar-refractivity contribution in [2.75, 3.05) is 50.1 Å². The summed E-state index contributed by atoms with van der Waals surface area (Å²) in [6.07, 6.45) is 6.72. The highest BCUT2D eigenvalue weighted by Gasteiger charge is 2.53. The Morgan fingerprint density at radius 3 is 2.50 bits per heavy atom. The summed E-state index contributed by atoms with van der Waals surface area (Å²) in [4.78, 5) is 55.6. The zero-order chi connectivity index (χ0) is 62.7. The Labute approximate surface area is 503 Å². The van der Waals surface area contributed by atoms with E-state index < -0.39 is 82.6 Å². The summed E-state index contributed by atoms with van der Waals surface area (Å²) in [7, 11) is 1.37. The van der Waals surface area contributed by atoms with Gasteiger partial charge in [-0.25, -0.2) is 22.8 Å². The summed E-state index contributed by atoms with van der Waals surface area (Å²) in [6, 6.07) is 13.2. The second-order valence-electron chi connectivity index (χ2n) is 23.8. The van der Waals surface area contributed by atoms with Crippen LogP contribution in [0.25, 0.3) is 43.9 Å². The van der Waals surface area contributed by atoms with Gasteiger partial charge in [0.25, 0.3) is 5.91 Å². The van der Waals surface area contributed by atoms with Gasteiger partial charge in [-0.2, -0.15) is 9.97 Å².